The van der Waals surface area contributed by atoms with Crippen LogP contribution in [0.4, 0.5) is 0 Å². The van der Waals surface area contributed by atoms with E-state index in [2.05, 4.69) is 0 Å². The van der Waals surface area contributed by atoms with Gasteiger partial charge in [-0.2, -0.15) is 5.26 Å². The Labute approximate surface area is 144 Å². The first kappa shape index (κ1) is 16.5. The van der Waals surface area contributed by atoms with E-state index in [1.807, 2.05) is 0 Å². The lowest BCUT2D eigenvalue weighted by atomic mass is 10.0. The van der Waals surface area contributed by atoms with Crippen LogP contribution >= 0.6 is 11.6 Å². The van der Waals surface area contributed by atoms with E-state index in [4.69, 9.17) is 11.6 Å². The Balaban J connectivity index is 2.13. The number of hydrogen-bond donors (Lipinski definition) is 1. The zero-order valence-corrected chi connectivity index (χ0v) is 13.8. The number of nitriles is 1. The molecule has 1 N–H and O–H groups in total. The minimum atomic E-state index is -4.01. The predicted octanol–water partition coefficient (Wildman–Crippen LogP) is 2.87. The third-order valence-electron chi connectivity index (χ3n) is 4.31. The van der Waals surface area contributed by atoms with E-state index in [1.54, 1.807) is 36.4 Å². The van der Waals surface area contributed by atoms with Crippen molar-refractivity contribution < 1.29 is 18.3 Å². The summed E-state index contributed by atoms with van der Waals surface area (Å²) in [6, 6.07) is 15.6. The highest BCUT2D eigenvalue weighted by molar-refractivity contribution is 7.92. The molecule has 1 aliphatic rings. The van der Waals surface area contributed by atoms with Gasteiger partial charge >= 0.3 is 5.97 Å². The summed E-state index contributed by atoms with van der Waals surface area (Å²) in [7, 11) is -4.01. The lowest BCUT2D eigenvalue weighted by Gasteiger charge is -2.05. The summed E-state index contributed by atoms with van der Waals surface area (Å²) in [4.78, 5) is 11.7. The quantitative estimate of drug-likeness (QED) is 0.903. The molecule has 0 aromatic heterocycles. The smallest absolute Gasteiger partial charge is 0.326 e. The van der Waals surface area contributed by atoms with Gasteiger partial charge in [0.1, 0.15) is 5.25 Å². The zero-order valence-electron chi connectivity index (χ0n) is 12.3. The Bertz CT molecular complexity index is 935. The SMILES string of the molecule is N#C[C@@]1(C(=O)O)[C@H](c2ccccc2)[C@@H]1S(=O)(=O)c1ccc(Cl)cc1. The minimum absolute atomic E-state index is 0.0452. The second-order valence-electron chi connectivity index (χ2n) is 5.59. The maximum atomic E-state index is 12.9. The van der Waals surface area contributed by atoms with Gasteiger partial charge in [-0.25, -0.2) is 8.42 Å². The Kier molecular flexibility index (Phi) is 3.86. The second kappa shape index (κ2) is 5.62. The van der Waals surface area contributed by atoms with Crippen molar-refractivity contribution in [2.24, 2.45) is 5.41 Å². The lowest BCUT2D eigenvalue weighted by Crippen LogP contribution is -2.22. The molecule has 24 heavy (non-hydrogen) atoms. The average Bonchev–Trinajstić information content (AvgIpc) is 3.28. The molecule has 0 spiro atoms. The molecule has 1 saturated carbocycles. The molecule has 0 heterocycles. The van der Waals surface area contributed by atoms with Crippen molar-refractivity contribution in [2.75, 3.05) is 0 Å². The number of aliphatic carboxylic acids is 1. The van der Waals surface area contributed by atoms with E-state index in [0.29, 0.717) is 10.6 Å². The lowest BCUT2D eigenvalue weighted by molar-refractivity contribution is -0.141. The average molecular weight is 362 g/mol. The number of halogens is 1. The molecule has 0 saturated heterocycles. The number of carbonyl (C=O) groups is 1. The summed E-state index contributed by atoms with van der Waals surface area (Å²) in [6.45, 7) is 0. The van der Waals surface area contributed by atoms with Gasteiger partial charge in [0.2, 0.25) is 0 Å². The van der Waals surface area contributed by atoms with Crippen LogP contribution in [0.5, 0.6) is 0 Å². The molecule has 0 amide bonds. The Hall–Kier alpha value is -2.36. The minimum Gasteiger partial charge on any atom is -0.480 e. The third kappa shape index (κ3) is 2.29. The molecule has 0 radical (unpaired) electrons. The molecule has 7 heteroatoms. The summed E-state index contributed by atoms with van der Waals surface area (Å²) in [5.74, 6) is -2.34. The van der Waals surface area contributed by atoms with Crippen LogP contribution in [0.3, 0.4) is 0 Å². The third-order valence-corrected chi connectivity index (χ3v) is 6.80. The Morgan fingerprint density at radius 1 is 1.12 bits per heavy atom. The summed E-state index contributed by atoms with van der Waals surface area (Å²) < 4.78 is 25.8. The van der Waals surface area contributed by atoms with Crippen molar-refractivity contribution in [1.29, 1.82) is 5.26 Å². The van der Waals surface area contributed by atoms with Crippen molar-refractivity contribution in [1.82, 2.24) is 0 Å². The Morgan fingerprint density at radius 3 is 2.21 bits per heavy atom. The molecule has 0 unspecified atom stereocenters. The molecule has 3 atom stereocenters. The summed E-state index contributed by atoms with van der Waals surface area (Å²) in [5.41, 5.74) is -1.47. The molecule has 0 aliphatic heterocycles. The van der Waals surface area contributed by atoms with Crippen LogP contribution in [0.2, 0.25) is 5.02 Å². The van der Waals surface area contributed by atoms with E-state index < -0.39 is 32.4 Å². The van der Waals surface area contributed by atoms with Crippen LogP contribution in [-0.2, 0) is 14.6 Å². The Morgan fingerprint density at radius 2 is 1.71 bits per heavy atom. The van der Waals surface area contributed by atoms with E-state index in [0.717, 1.165) is 0 Å². The number of carboxylic acids is 1. The van der Waals surface area contributed by atoms with E-state index in [1.165, 1.54) is 24.3 Å². The van der Waals surface area contributed by atoms with Crippen molar-refractivity contribution in [3.63, 3.8) is 0 Å². The molecule has 1 fully saturated rings. The number of benzene rings is 2. The van der Waals surface area contributed by atoms with Gasteiger partial charge in [0.15, 0.2) is 15.3 Å². The molecular weight excluding hydrogens is 350 g/mol. The second-order valence-corrected chi connectivity index (χ2v) is 8.10. The number of hydrogen-bond acceptors (Lipinski definition) is 4. The maximum Gasteiger partial charge on any atom is 0.326 e. The van der Waals surface area contributed by atoms with Crippen LogP contribution in [0.25, 0.3) is 0 Å². The molecule has 1 aliphatic carbocycles. The highest BCUT2D eigenvalue weighted by Gasteiger charge is 2.77. The normalized spacial score (nSPS) is 25.7. The topological polar surface area (TPSA) is 95.2 Å². The van der Waals surface area contributed by atoms with Crippen LogP contribution in [-0.4, -0.2) is 24.7 Å². The standard InChI is InChI=1S/C17H12ClNO4S/c18-12-6-8-13(9-7-12)24(22,23)15-14(11-4-2-1-3-5-11)17(15,10-19)16(20)21/h1-9,14-15H,(H,20,21)/t14-,15+,17-/m1/s1. The monoisotopic (exact) mass is 361 g/mol. The molecule has 0 bridgehead atoms. The first-order chi connectivity index (χ1) is 11.4. The highest BCUT2D eigenvalue weighted by atomic mass is 35.5. The number of nitrogens with zero attached hydrogens (tertiary/aromatic N) is 1. The predicted molar refractivity (Wildman–Crippen MR) is 87.3 cm³/mol. The van der Waals surface area contributed by atoms with Gasteiger partial charge in [0, 0.05) is 10.9 Å². The highest BCUT2D eigenvalue weighted by Crippen LogP contribution is 2.63. The van der Waals surface area contributed by atoms with Crippen LogP contribution < -0.4 is 0 Å². The fraction of sp³-hybridized carbons (Fsp3) is 0.176. The maximum absolute atomic E-state index is 12.9. The van der Waals surface area contributed by atoms with Crippen molar-refractivity contribution in [3.8, 4) is 6.07 Å². The number of rotatable bonds is 4. The van der Waals surface area contributed by atoms with Gasteiger partial charge in [-0.15, -0.1) is 0 Å². The van der Waals surface area contributed by atoms with Crippen LogP contribution in [0, 0.1) is 16.7 Å². The van der Waals surface area contributed by atoms with Crippen LogP contribution in [0.1, 0.15) is 11.5 Å². The van der Waals surface area contributed by atoms with Gasteiger partial charge in [0.25, 0.3) is 0 Å². The summed E-state index contributed by atoms with van der Waals surface area (Å²) in [5, 5.41) is 18.1. The van der Waals surface area contributed by atoms with Crippen molar-refractivity contribution >= 4 is 27.4 Å². The number of sulfone groups is 1. The first-order valence-electron chi connectivity index (χ1n) is 7.04. The molecule has 2 aromatic carbocycles. The number of carboxylic acid groups (broad SMARTS) is 1. The summed E-state index contributed by atoms with van der Waals surface area (Å²) >= 11 is 5.77. The molecule has 3 rings (SSSR count). The van der Waals surface area contributed by atoms with Gasteiger partial charge in [-0.05, 0) is 29.8 Å². The van der Waals surface area contributed by atoms with Gasteiger partial charge < -0.3 is 5.11 Å². The zero-order chi connectivity index (χ0) is 17.5. The summed E-state index contributed by atoms with van der Waals surface area (Å²) in [6.07, 6.45) is 0. The van der Waals surface area contributed by atoms with Gasteiger partial charge in [-0.1, -0.05) is 41.9 Å². The molecule has 2 aromatic rings. The van der Waals surface area contributed by atoms with Crippen LogP contribution in [0.15, 0.2) is 59.5 Å². The fourth-order valence-electron chi connectivity index (χ4n) is 3.08. The first-order valence-corrected chi connectivity index (χ1v) is 8.97. The molecule has 5 nitrogen and oxygen atoms in total. The van der Waals surface area contributed by atoms with E-state index in [9.17, 15) is 23.6 Å². The van der Waals surface area contributed by atoms with E-state index >= 15 is 0 Å². The largest absolute Gasteiger partial charge is 0.480 e. The van der Waals surface area contributed by atoms with Gasteiger partial charge in [0.05, 0.1) is 11.0 Å². The van der Waals surface area contributed by atoms with E-state index in [-0.39, 0.29) is 4.90 Å². The van der Waals surface area contributed by atoms with Gasteiger partial charge in [-0.3, -0.25) is 4.79 Å². The van der Waals surface area contributed by atoms with Crippen molar-refractivity contribution in [2.45, 2.75) is 16.1 Å². The van der Waals surface area contributed by atoms with Crippen molar-refractivity contribution in [3.05, 3.63) is 65.2 Å². The molecule has 122 valence electrons. The molecular formula is C17H12ClNO4S. The fourth-order valence-corrected chi connectivity index (χ4v) is 5.46.